The molecule has 0 aliphatic carbocycles. The highest BCUT2D eigenvalue weighted by molar-refractivity contribution is 7.90. The lowest BCUT2D eigenvalue weighted by molar-refractivity contribution is -0.116. The number of carbonyl (C=O) groups is 1. The van der Waals surface area contributed by atoms with Crippen LogP contribution in [0, 0.1) is 0 Å². The summed E-state index contributed by atoms with van der Waals surface area (Å²) in [6.45, 7) is 2.52. The van der Waals surface area contributed by atoms with Crippen LogP contribution in [-0.2, 0) is 21.1 Å². The van der Waals surface area contributed by atoms with Crippen molar-refractivity contribution in [3.8, 4) is 5.75 Å². The van der Waals surface area contributed by atoms with E-state index in [-0.39, 0.29) is 23.4 Å². The van der Waals surface area contributed by atoms with Crippen molar-refractivity contribution in [3.63, 3.8) is 0 Å². The summed E-state index contributed by atoms with van der Waals surface area (Å²) in [5.74, 6) is 0.440. The summed E-state index contributed by atoms with van der Waals surface area (Å²) in [5, 5.41) is 8.09. The molecule has 1 aromatic carbocycles. The van der Waals surface area contributed by atoms with E-state index in [0.717, 1.165) is 17.6 Å². The zero-order chi connectivity index (χ0) is 16.9. The number of aromatic amines is 1. The van der Waals surface area contributed by atoms with E-state index in [1.54, 1.807) is 0 Å². The quantitative estimate of drug-likeness (QED) is 0.783. The van der Waals surface area contributed by atoms with Gasteiger partial charge in [-0.05, 0) is 31.0 Å². The summed E-state index contributed by atoms with van der Waals surface area (Å²) in [4.78, 5) is 15.5. The standard InChI is InChI=1S/C14H18N4O4S/c1-3-22-11-7-4-10(5-8-11)6-9-12(19)15-13-16-14(18-17-13)23(2,20)21/h4-5,7-8H,3,6,9H2,1-2H3,(H2,15,16,17,18,19). The number of hydrogen-bond acceptors (Lipinski definition) is 6. The number of aromatic nitrogens is 3. The van der Waals surface area contributed by atoms with Crippen molar-refractivity contribution in [2.45, 2.75) is 24.9 Å². The topological polar surface area (TPSA) is 114 Å². The lowest BCUT2D eigenvalue weighted by Gasteiger charge is -2.05. The number of rotatable bonds is 7. The van der Waals surface area contributed by atoms with Crippen molar-refractivity contribution in [1.29, 1.82) is 0 Å². The summed E-state index contributed by atoms with van der Waals surface area (Å²) in [6, 6.07) is 7.49. The molecule has 2 N–H and O–H groups in total. The third kappa shape index (κ3) is 5.06. The first-order chi connectivity index (χ1) is 10.9. The molecule has 1 amide bonds. The van der Waals surface area contributed by atoms with Crippen LogP contribution in [0.4, 0.5) is 5.95 Å². The Kier molecular flexibility index (Phi) is 5.32. The molecular weight excluding hydrogens is 320 g/mol. The molecule has 0 aliphatic rings. The van der Waals surface area contributed by atoms with Gasteiger partial charge < -0.3 is 4.74 Å². The van der Waals surface area contributed by atoms with Crippen LogP contribution >= 0.6 is 0 Å². The van der Waals surface area contributed by atoms with Crippen LogP contribution < -0.4 is 10.1 Å². The zero-order valence-electron chi connectivity index (χ0n) is 12.9. The molecule has 0 unspecified atom stereocenters. The fourth-order valence-electron chi connectivity index (χ4n) is 1.83. The van der Waals surface area contributed by atoms with Crippen LogP contribution in [0.3, 0.4) is 0 Å². The van der Waals surface area contributed by atoms with Gasteiger partial charge in [0, 0.05) is 12.7 Å². The average molecular weight is 338 g/mol. The van der Waals surface area contributed by atoms with Gasteiger partial charge in [0.2, 0.25) is 26.8 Å². The van der Waals surface area contributed by atoms with Crippen LogP contribution in [0.25, 0.3) is 0 Å². The Labute approximate surface area is 134 Å². The Bertz CT molecular complexity index is 768. The van der Waals surface area contributed by atoms with E-state index in [4.69, 9.17) is 4.74 Å². The van der Waals surface area contributed by atoms with Crippen molar-refractivity contribution < 1.29 is 17.9 Å². The van der Waals surface area contributed by atoms with Gasteiger partial charge in [-0.1, -0.05) is 12.1 Å². The number of carbonyl (C=O) groups excluding carboxylic acids is 1. The Hall–Kier alpha value is -2.42. The molecule has 2 rings (SSSR count). The van der Waals surface area contributed by atoms with Crippen molar-refractivity contribution in [3.05, 3.63) is 29.8 Å². The zero-order valence-corrected chi connectivity index (χ0v) is 13.7. The third-order valence-electron chi connectivity index (χ3n) is 2.94. The van der Waals surface area contributed by atoms with E-state index in [0.29, 0.717) is 13.0 Å². The Morgan fingerprint density at radius 1 is 1.30 bits per heavy atom. The Morgan fingerprint density at radius 2 is 2.00 bits per heavy atom. The smallest absolute Gasteiger partial charge is 0.249 e. The molecule has 0 saturated carbocycles. The molecule has 0 radical (unpaired) electrons. The SMILES string of the molecule is CCOc1ccc(CCC(=O)Nc2n[nH]c(S(C)(=O)=O)n2)cc1. The van der Waals surface area contributed by atoms with Gasteiger partial charge >= 0.3 is 0 Å². The van der Waals surface area contributed by atoms with Gasteiger partial charge in [0.15, 0.2) is 0 Å². The van der Waals surface area contributed by atoms with Gasteiger partial charge in [-0.25, -0.2) is 13.5 Å². The van der Waals surface area contributed by atoms with Gasteiger partial charge in [0.05, 0.1) is 6.61 Å². The monoisotopic (exact) mass is 338 g/mol. The predicted molar refractivity (Wildman–Crippen MR) is 84.1 cm³/mol. The second-order valence-corrected chi connectivity index (χ2v) is 6.79. The summed E-state index contributed by atoms with van der Waals surface area (Å²) < 4.78 is 27.9. The summed E-state index contributed by atoms with van der Waals surface area (Å²) in [7, 11) is -3.47. The maximum Gasteiger partial charge on any atom is 0.249 e. The number of anilines is 1. The van der Waals surface area contributed by atoms with E-state index in [2.05, 4.69) is 20.5 Å². The molecule has 0 aliphatic heterocycles. The second kappa shape index (κ2) is 7.23. The molecular formula is C14H18N4O4S. The van der Waals surface area contributed by atoms with Crippen molar-refractivity contribution in [2.24, 2.45) is 0 Å². The third-order valence-corrected chi connectivity index (χ3v) is 3.83. The molecule has 0 bridgehead atoms. The molecule has 0 saturated heterocycles. The van der Waals surface area contributed by atoms with E-state index >= 15 is 0 Å². The number of hydrogen-bond donors (Lipinski definition) is 2. The molecule has 124 valence electrons. The molecule has 8 nitrogen and oxygen atoms in total. The van der Waals surface area contributed by atoms with E-state index < -0.39 is 9.84 Å². The maximum atomic E-state index is 11.8. The predicted octanol–water partition coefficient (Wildman–Crippen LogP) is 1.18. The van der Waals surface area contributed by atoms with Crippen LogP contribution in [0.2, 0.25) is 0 Å². The molecule has 0 fully saturated rings. The number of amides is 1. The van der Waals surface area contributed by atoms with E-state index in [9.17, 15) is 13.2 Å². The van der Waals surface area contributed by atoms with E-state index in [1.807, 2.05) is 31.2 Å². The van der Waals surface area contributed by atoms with Crippen molar-refractivity contribution in [2.75, 3.05) is 18.2 Å². The van der Waals surface area contributed by atoms with Crippen LogP contribution in [-0.4, -0.2) is 42.4 Å². The minimum atomic E-state index is -3.47. The first-order valence-electron chi connectivity index (χ1n) is 7.02. The van der Waals surface area contributed by atoms with Gasteiger partial charge in [-0.15, -0.1) is 5.10 Å². The van der Waals surface area contributed by atoms with Crippen molar-refractivity contribution in [1.82, 2.24) is 15.2 Å². The molecule has 9 heteroatoms. The summed E-state index contributed by atoms with van der Waals surface area (Å²) in [5.41, 5.74) is 0.996. The van der Waals surface area contributed by atoms with Gasteiger partial charge in [-0.3, -0.25) is 10.1 Å². The maximum absolute atomic E-state index is 11.8. The molecule has 0 spiro atoms. The number of nitrogens with one attached hydrogen (secondary N) is 2. The van der Waals surface area contributed by atoms with E-state index in [1.165, 1.54) is 0 Å². The number of ether oxygens (including phenoxy) is 1. The fraction of sp³-hybridized carbons (Fsp3) is 0.357. The normalized spacial score (nSPS) is 11.2. The Morgan fingerprint density at radius 3 is 2.57 bits per heavy atom. The molecule has 1 aromatic heterocycles. The number of benzene rings is 1. The highest BCUT2D eigenvalue weighted by Crippen LogP contribution is 2.13. The number of H-pyrrole nitrogens is 1. The van der Waals surface area contributed by atoms with Crippen LogP contribution in [0.15, 0.2) is 29.4 Å². The molecule has 23 heavy (non-hydrogen) atoms. The summed E-state index contributed by atoms with van der Waals surface area (Å²) >= 11 is 0. The van der Waals surface area contributed by atoms with Gasteiger partial charge in [0.25, 0.3) is 0 Å². The van der Waals surface area contributed by atoms with Crippen LogP contribution in [0.5, 0.6) is 5.75 Å². The van der Waals surface area contributed by atoms with Gasteiger partial charge in [0.1, 0.15) is 5.75 Å². The first-order valence-corrected chi connectivity index (χ1v) is 8.91. The molecule has 2 aromatic rings. The lowest BCUT2D eigenvalue weighted by Crippen LogP contribution is -2.13. The molecule has 1 heterocycles. The second-order valence-electron chi connectivity index (χ2n) is 4.86. The summed E-state index contributed by atoms with van der Waals surface area (Å²) in [6.07, 6.45) is 1.78. The van der Waals surface area contributed by atoms with Crippen molar-refractivity contribution >= 4 is 21.7 Å². The minimum absolute atomic E-state index is 0.0536. The number of nitrogens with zero attached hydrogens (tertiary/aromatic N) is 2. The lowest BCUT2D eigenvalue weighted by atomic mass is 10.1. The number of sulfone groups is 1. The minimum Gasteiger partial charge on any atom is -0.494 e. The molecule has 0 atom stereocenters. The van der Waals surface area contributed by atoms with Gasteiger partial charge in [-0.2, -0.15) is 4.98 Å². The average Bonchev–Trinajstić information content (AvgIpc) is 2.95. The Balaban J connectivity index is 1.86. The van der Waals surface area contributed by atoms with Crippen LogP contribution in [0.1, 0.15) is 18.9 Å². The highest BCUT2D eigenvalue weighted by atomic mass is 32.2. The number of aryl methyl sites for hydroxylation is 1. The fourth-order valence-corrected chi connectivity index (χ4v) is 2.30. The largest absolute Gasteiger partial charge is 0.494 e. The first kappa shape index (κ1) is 16.9. The highest BCUT2D eigenvalue weighted by Gasteiger charge is 2.14.